The predicted molar refractivity (Wildman–Crippen MR) is 117 cm³/mol. The standard InChI is InChI=1S/C23H27N5O2/c24-19-2-1-3-20(12-19)28-14-18(11-22(28)29)23(30)27-8-6-17-10-16(4-5-21(17)27)13-26-9-7-25-15-26/h1-5,7,9-10,12,15,18,22-23,29-30H,6,8,11,13-14,24H2. The second kappa shape index (κ2) is 7.66. The van der Waals surface area contributed by atoms with Gasteiger partial charge in [-0.05, 0) is 41.8 Å². The molecule has 5 rings (SSSR count). The summed E-state index contributed by atoms with van der Waals surface area (Å²) in [5.74, 6) is -0.0435. The van der Waals surface area contributed by atoms with E-state index in [1.807, 2.05) is 46.3 Å². The summed E-state index contributed by atoms with van der Waals surface area (Å²) in [7, 11) is 0. The molecule has 1 saturated heterocycles. The third-order valence-corrected chi connectivity index (χ3v) is 6.25. The van der Waals surface area contributed by atoms with Crippen LogP contribution in [-0.2, 0) is 13.0 Å². The number of aliphatic hydroxyl groups is 2. The minimum atomic E-state index is -0.633. The Kier molecular flexibility index (Phi) is 4.84. The van der Waals surface area contributed by atoms with Crippen LogP contribution in [0.15, 0.2) is 61.2 Å². The second-order valence-corrected chi connectivity index (χ2v) is 8.28. The van der Waals surface area contributed by atoms with Crippen LogP contribution in [0.3, 0.4) is 0 Å². The van der Waals surface area contributed by atoms with Crippen LogP contribution in [0.5, 0.6) is 0 Å². The Morgan fingerprint density at radius 3 is 2.90 bits per heavy atom. The number of rotatable bonds is 5. The molecule has 0 bridgehead atoms. The van der Waals surface area contributed by atoms with Gasteiger partial charge in [-0.1, -0.05) is 18.2 Å². The summed E-state index contributed by atoms with van der Waals surface area (Å²) in [5.41, 5.74) is 11.0. The smallest absolute Gasteiger partial charge is 0.131 e. The first-order valence-electron chi connectivity index (χ1n) is 10.4. The second-order valence-electron chi connectivity index (χ2n) is 8.28. The lowest BCUT2D eigenvalue weighted by atomic mass is 10.0. The van der Waals surface area contributed by atoms with Gasteiger partial charge >= 0.3 is 0 Å². The fourth-order valence-corrected chi connectivity index (χ4v) is 4.74. The summed E-state index contributed by atoms with van der Waals surface area (Å²) in [4.78, 5) is 8.11. The Labute approximate surface area is 176 Å². The Morgan fingerprint density at radius 2 is 2.10 bits per heavy atom. The number of nitrogens with zero attached hydrogens (tertiary/aromatic N) is 4. The van der Waals surface area contributed by atoms with Gasteiger partial charge in [0.1, 0.15) is 12.5 Å². The van der Waals surface area contributed by atoms with Gasteiger partial charge < -0.3 is 30.3 Å². The van der Waals surface area contributed by atoms with E-state index in [4.69, 9.17) is 5.73 Å². The fourth-order valence-electron chi connectivity index (χ4n) is 4.74. The molecule has 3 atom stereocenters. The monoisotopic (exact) mass is 405 g/mol. The third-order valence-electron chi connectivity index (χ3n) is 6.25. The SMILES string of the molecule is Nc1cccc(N2CC(C(O)N3CCc4cc(Cn5ccnc5)ccc43)CC2O)c1. The molecule has 30 heavy (non-hydrogen) atoms. The minimum absolute atomic E-state index is 0.0435. The summed E-state index contributed by atoms with van der Waals surface area (Å²) in [6.07, 6.45) is 5.76. The van der Waals surface area contributed by atoms with Gasteiger partial charge in [-0.15, -0.1) is 0 Å². The molecule has 7 nitrogen and oxygen atoms in total. The highest BCUT2D eigenvalue weighted by Crippen LogP contribution is 2.36. The van der Waals surface area contributed by atoms with Crippen molar-refractivity contribution in [2.45, 2.75) is 31.8 Å². The maximum atomic E-state index is 11.2. The van der Waals surface area contributed by atoms with Gasteiger partial charge in [-0.25, -0.2) is 4.98 Å². The topological polar surface area (TPSA) is 90.8 Å². The Hall–Kier alpha value is -3.03. The Morgan fingerprint density at radius 1 is 1.20 bits per heavy atom. The van der Waals surface area contributed by atoms with E-state index >= 15 is 0 Å². The first-order valence-corrected chi connectivity index (χ1v) is 10.4. The van der Waals surface area contributed by atoms with E-state index in [9.17, 15) is 10.2 Å². The largest absolute Gasteiger partial charge is 0.399 e. The van der Waals surface area contributed by atoms with E-state index < -0.39 is 12.5 Å². The molecule has 156 valence electrons. The molecule has 0 amide bonds. The zero-order chi connectivity index (χ0) is 20.7. The molecule has 0 saturated carbocycles. The number of hydrogen-bond donors (Lipinski definition) is 3. The molecule has 3 heterocycles. The number of aliphatic hydroxyl groups excluding tert-OH is 2. The highest BCUT2D eigenvalue weighted by molar-refractivity contribution is 5.60. The summed E-state index contributed by atoms with van der Waals surface area (Å²) < 4.78 is 2.05. The number of nitrogen functional groups attached to an aromatic ring is 1. The quantitative estimate of drug-likeness (QED) is 0.563. The van der Waals surface area contributed by atoms with Crippen LogP contribution in [0.25, 0.3) is 0 Å². The highest BCUT2D eigenvalue weighted by atomic mass is 16.3. The first kappa shape index (κ1) is 19.0. The first-order chi connectivity index (χ1) is 14.6. The Bertz CT molecular complexity index is 1020. The molecule has 3 aromatic rings. The summed E-state index contributed by atoms with van der Waals surface area (Å²) in [5, 5.41) is 21.8. The van der Waals surface area contributed by atoms with Crippen molar-refractivity contribution in [2.24, 2.45) is 5.92 Å². The van der Waals surface area contributed by atoms with E-state index in [-0.39, 0.29) is 5.92 Å². The van der Waals surface area contributed by atoms with Crippen molar-refractivity contribution in [3.05, 3.63) is 72.3 Å². The van der Waals surface area contributed by atoms with E-state index in [0.29, 0.717) is 18.7 Å². The van der Waals surface area contributed by atoms with Crippen molar-refractivity contribution in [1.29, 1.82) is 0 Å². The molecule has 0 radical (unpaired) electrons. The van der Waals surface area contributed by atoms with Gasteiger partial charge in [0.2, 0.25) is 0 Å². The van der Waals surface area contributed by atoms with Crippen molar-refractivity contribution in [2.75, 3.05) is 28.6 Å². The zero-order valence-corrected chi connectivity index (χ0v) is 16.8. The molecule has 0 aliphatic carbocycles. The van der Waals surface area contributed by atoms with Crippen LogP contribution < -0.4 is 15.5 Å². The molecular formula is C23H27N5O2. The number of hydrogen-bond acceptors (Lipinski definition) is 6. The molecule has 2 aliphatic heterocycles. The summed E-state index contributed by atoms with van der Waals surface area (Å²) >= 11 is 0. The summed E-state index contributed by atoms with van der Waals surface area (Å²) in [6, 6.07) is 14.0. The normalized spacial score (nSPS) is 21.8. The molecule has 1 aromatic heterocycles. The van der Waals surface area contributed by atoms with E-state index in [2.05, 4.69) is 28.1 Å². The minimum Gasteiger partial charge on any atom is -0.399 e. The maximum Gasteiger partial charge on any atom is 0.131 e. The lowest BCUT2D eigenvalue weighted by Gasteiger charge is -2.30. The van der Waals surface area contributed by atoms with Crippen LogP contribution in [0.2, 0.25) is 0 Å². The molecule has 2 aromatic carbocycles. The van der Waals surface area contributed by atoms with Crippen molar-refractivity contribution in [3.8, 4) is 0 Å². The average Bonchev–Trinajstić information content (AvgIpc) is 3.47. The van der Waals surface area contributed by atoms with Crippen molar-refractivity contribution in [1.82, 2.24) is 9.55 Å². The lowest BCUT2D eigenvalue weighted by molar-refractivity contribution is 0.0986. The van der Waals surface area contributed by atoms with Gasteiger partial charge in [0.25, 0.3) is 0 Å². The van der Waals surface area contributed by atoms with E-state index in [0.717, 1.165) is 30.9 Å². The number of aromatic nitrogens is 2. The average molecular weight is 406 g/mol. The molecule has 2 aliphatic rings. The van der Waals surface area contributed by atoms with Crippen LogP contribution in [0, 0.1) is 5.92 Å². The summed E-state index contributed by atoms with van der Waals surface area (Å²) in [6.45, 7) is 2.17. The fraction of sp³-hybridized carbons (Fsp3) is 0.348. The molecular weight excluding hydrogens is 378 g/mol. The van der Waals surface area contributed by atoms with Crippen molar-refractivity contribution < 1.29 is 10.2 Å². The van der Waals surface area contributed by atoms with Crippen LogP contribution >= 0.6 is 0 Å². The van der Waals surface area contributed by atoms with E-state index in [1.165, 1.54) is 11.1 Å². The number of fused-ring (bicyclic) bond motifs is 1. The van der Waals surface area contributed by atoms with Gasteiger partial charge in [0.05, 0.1) is 6.33 Å². The number of anilines is 3. The van der Waals surface area contributed by atoms with Crippen LogP contribution in [-0.4, -0.2) is 45.3 Å². The maximum absolute atomic E-state index is 11.2. The predicted octanol–water partition coefficient (Wildman–Crippen LogP) is 2.04. The van der Waals surface area contributed by atoms with Gasteiger partial charge in [-0.2, -0.15) is 0 Å². The lowest BCUT2D eigenvalue weighted by Crippen LogP contribution is -2.41. The number of benzene rings is 2. The van der Waals surface area contributed by atoms with Crippen LogP contribution in [0.1, 0.15) is 17.5 Å². The van der Waals surface area contributed by atoms with Crippen molar-refractivity contribution >= 4 is 17.1 Å². The molecule has 7 heteroatoms. The van der Waals surface area contributed by atoms with E-state index in [1.54, 1.807) is 6.20 Å². The molecule has 4 N–H and O–H groups in total. The number of nitrogens with two attached hydrogens (primary N) is 1. The molecule has 0 spiro atoms. The number of imidazole rings is 1. The highest BCUT2D eigenvalue weighted by Gasteiger charge is 2.39. The van der Waals surface area contributed by atoms with Crippen LogP contribution in [0.4, 0.5) is 17.1 Å². The van der Waals surface area contributed by atoms with Gasteiger partial charge in [-0.3, -0.25) is 0 Å². The molecule has 3 unspecified atom stereocenters. The third kappa shape index (κ3) is 3.51. The molecule has 1 fully saturated rings. The van der Waals surface area contributed by atoms with Gasteiger partial charge in [0.15, 0.2) is 0 Å². The zero-order valence-electron chi connectivity index (χ0n) is 16.8. The van der Waals surface area contributed by atoms with Gasteiger partial charge in [0, 0.05) is 61.4 Å². The van der Waals surface area contributed by atoms with Crippen molar-refractivity contribution in [3.63, 3.8) is 0 Å². The Balaban J connectivity index is 1.30.